The van der Waals surface area contributed by atoms with Crippen LogP contribution >= 0.6 is 0 Å². The topological polar surface area (TPSA) is 35.5 Å². The molecule has 1 saturated carbocycles. The smallest absolute Gasteiger partial charge is 0.0570 e. The monoisotopic (exact) mass is 226 g/mol. The van der Waals surface area contributed by atoms with Crippen LogP contribution in [0.5, 0.6) is 0 Å². The van der Waals surface area contributed by atoms with Gasteiger partial charge in [-0.2, -0.15) is 0 Å². The fourth-order valence-electron chi connectivity index (χ4n) is 2.86. The van der Waals surface area contributed by atoms with E-state index < -0.39 is 0 Å². The number of aliphatic hydroxyl groups excluding tert-OH is 1. The van der Waals surface area contributed by atoms with Gasteiger partial charge in [0.15, 0.2) is 0 Å². The molecule has 2 fully saturated rings. The van der Waals surface area contributed by atoms with Crippen molar-refractivity contribution in [2.45, 2.75) is 70.2 Å². The van der Waals surface area contributed by atoms with Crippen LogP contribution in [0.1, 0.15) is 46.0 Å². The standard InChI is InChI=1S/C13H26N2O/c1-10(2)15-6-3-4-11(5-7-15)14-12-8-13(16)9-12/h10-14,16H,3-9H2,1-2H3. The van der Waals surface area contributed by atoms with E-state index in [9.17, 15) is 5.11 Å². The quantitative estimate of drug-likeness (QED) is 0.763. The molecule has 1 aliphatic carbocycles. The summed E-state index contributed by atoms with van der Waals surface area (Å²) in [6.45, 7) is 7.06. The first-order chi connectivity index (χ1) is 7.65. The molecule has 1 aliphatic heterocycles. The van der Waals surface area contributed by atoms with Crippen molar-refractivity contribution in [3.8, 4) is 0 Å². The summed E-state index contributed by atoms with van der Waals surface area (Å²) in [7, 11) is 0. The third-order valence-electron chi connectivity index (χ3n) is 4.08. The zero-order chi connectivity index (χ0) is 11.5. The Labute approximate surface area is 99.2 Å². The van der Waals surface area contributed by atoms with Crippen molar-refractivity contribution < 1.29 is 5.11 Å². The summed E-state index contributed by atoms with van der Waals surface area (Å²) >= 11 is 0. The van der Waals surface area contributed by atoms with Crippen LogP contribution in [-0.4, -0.2) is 47.3 Å². The minimum absolute atomic E-state index is 0.0320. The second kappa shape index (κ2) is 5.48. The third kappa shape index (κ3) is 3.19. The molecule has 1 unspecified atom stereocenters. The maximum atomic E-state index is 9.27. The number of likely N-dealkylation sites (tertiary alicyclic amines) is 1. The van der Waals surface area contributed by atoms with Crippen LogP contribution in [0.4, 0.5) is 0 Å². The van der Waals surface area contributed by atoms with Crippen molar-refractivity contribution >= 4 is 0 Å². The molecular formula is C13H26N2O. The molecule has 2 aliphatic rings. The van der Waals surface area contributed by atoms with E-state index in [-0.39, 0.29) is 6.10 Å². The molecule has 1 saturated heterocycles. The summed E-state index contributed by atoms with van der Waals surface area (Å²) in [4.78, 5) is 2.58. The molecule has 0 aromatic rings. The zero-order valence-corrected chi connectivity index (χ0v) is 10.7. The van der Waals surface area contributed by atoms with Crippen molar-refractivity contribution in [1.29, 1.82) is 0 Å². The average molecular weight is 226 g/mol. The lowest BCUT2D eigenvalue weighted by atomic mass is 9.88. The van der Waals surface area contributed by atoms with Crippen LogP contribution in [0.3, 0.4) is 0 Å². The summed E-state index contributed by atoms with van der Waals surface area (Å²) in [6, 6.07) is 1.95. The van der Waals surface area contributed by atoms with Gasteiger partial charge in [-0.1, -0.05) is 0 Å². The molecule has 0 radical (unpaired) electrons. The fourth-order valence-corrected chi connectivity index (χ4v) is 2.86. The Morgan fingerprint density at radius 3 is 2.50 bits per heavy atom. The number of hydrogen-bond acceptors (Lipinski definition) is 3. The van der Waals surface area contributed by atoms with Crippen LogP contribution in [0.2, 0.25) is 0 Å². The number of hydrogen-bond donors (Lipinski definition) is 2. The van der Waals surface area contributed by atoms with E-state index in [1.165, 1.54) is 32.4 Å². The summed E-state index contributed by atoms with van der Waals surface area (Å²) < 4.78 is 0. The second-order valence-electron chi connectivity index (χ2n) is 5.75. The van der Waals surface area contributed by atoms with Gasteiger partial charge in [-0.3, -0.25) is 0 Å². The molecule has 94 valence electrons. The van der Waals surface area contributed by atoms with Crippen LogP contribution in [0.15, 0.2) is 0 Å². The SMILES string of the molecule is CC(C)N1CCCC(NC2CC(O)C2)CC1. The van der Waals surface area contributed by atoms with Crippen LogP contribution in [0.25, 0.3) is 0 Å². The highest BCUT2D eigenvalue weighted by Gasteiger charge is 2.29. The average Bonchev–Trinajstić information content (AvgIpc) is 2.41. The molecule has 0 aromatic heterocycles. The van der Waals surface area contributed by atoms with Crippen molar-refractivity contribution in [3.63, 3.8) is 0 Å². The molecule has 16 heavy (non-hydrogen) atoms. The van der Waals surface area contributed by atoms with E-state index in [0.717, 1.165) is 12.8 Å². The maximum absolute atomic E-state index is 9.27. The lowest BCUT2D eigenvalue weighted by Gasteiger charge is -2.35. The van der Waals surface area contributed by atoms with Gasteiger partial charge >= 0.3 is 0 Å². The number of nitrogens with one attached hydrogen (secondary N) is 1. The summed E-state index contributed by atoms with van der Waals surface area (Å²) in [5.41, 5.74) is 0. The molecule has 3 nitrogen and oxygen atoms in total. The van der Waals surface area contributed by atoms with Gasteiger partial charge in [-0.15, -0.1) is 0 Å². The third-order valence-corrected chi connectivity index (χ3v) is 4.08. The van der Waals surface area contributed by atoms with Crippen molar-refractivity contribution in [2.75, 3.05) is 13.1 Å². The summed E-state index contributed by atoms with van der Waals surface area (Å²) in [5.74, 6) is 0. The van der Waals surface area contributed by atoms with Crippen LogP contribution in [0, 0.1) is 0 Å². The van der Waals surface area contributed by atoms with Crippen molar-refractivity contribution in [2.24, 2.45) is 0 Å². The molecule has 1 atom stereocenters. The predicted molar refractivity (Wildman–Crippen MR) is 66.5 cm³/mol. The molecule has 0 amide bonds. The molecule has 1 heterocycles. The molecular weight excluding hydrogens is 200 g/mol. The first kappa shape index (κ1) is 12.3. The molecule has 3 heteroatoms. The lowest BCUT2D eigenvalue weighted by Crippen LogP contribution is -2.48. The van der Waals surface area contributed by atoms with E-state index in [0.29, 0.717) is 18.1 Å². The predicted octanol–water partition coefficient (Wildman–Crippen LogP) is 1.36. The normalized spacial score (nSPS) is 37.1. The highest BCUT2D eigenvalue weighted by molar-refractivity contribution is 4.88. The van der Waals surface area contributed by atoms with E-state index >= 15 is 0 Å². The van der Waals surface area contributed by atoms with Gasteiger partial charge < -0.3 is 15.3 Å². The van der Waals surface area contributed by atoms with Gasteiger partial charge in [0, 0.05) is 18.1 Å². The molecule has 0 bridgehead atoms. The zero-order valence-electron chi connectivity index (χ0n) is 10.7. The fraction of sp³-hybridized carbons (Fsp3) is 1.00. The Morgan fingerprint density at radius 1 is 1.12 bits per heavy atom. The van der Waals surface area contributed by atoms with Crippen LogP contribution < -0.4 is 5.32 Å². The minimum atomic E-state index is -0.0320. The highest BCUT2D eigenvalue weighted by atomic mass is 16.3. The van der Waals surface area contributed by atoms with E-state index in [1.807, 2.05) is 0 Å². The largest absolute Gasteiger partial charge is 0.393 e. The molecule has 2 N–H and O–H groups in total. The van der Waals surface area contributed by atoms with Gasteiger partial charge in [-0.25, -0.2) is 0 Å². The molecule has 0 spiro atoms. The van der Waals surface area contributed by atoms with Crippen molar-refractivity contribution in [1.82, 2.24) is 10.2 Å². The Kier molecular flexibility index (Phi) is 4.22. The minimum Gasteiger partial charge on any atom is -0.393 e. The maximum Gasteiger partial charge on any atom is 0.0570 e. The second-order valence-corrected chi connectivity index (χ2v) is 5.75. The number of nitrogens with zero attached hydrogens (tertiary/aromatic N) is 1. The van der Waals surface area contributed by atoms with E-state index in [2.05, 4.69) is 24.1 Å². The Balaban J connectivity index is 1.71. The van der Waals surface area contributed by atoms with Gasteiger partial charge in [0.25, 0.3) is 0 Å². The summed E-state index contributed by atoms with van der Waals surface area (Å²) in [5, 5.41) is 13.0. The highest BCUT2D eigenvalue weighted by Crippen LogP contribution is 2.22. The Morgan fingerprint density at radius 2 is 1.88 bits per heavy atom. The first-order valence-electron chi connectivity index (χ1n) is 6.83. The van der Waals surface area contributed by atoms with E-state index in [4.69, 9.17) is 0 Å². The van der Waals surface area contributed by atoms with Gasteiger partial charge in [-0.05, 0) is 59.0 Å². The number of rotatable bonds is 3. The van der Waals surface area contributed by atoms with Crippen LogP contribution in [-0.2, 0) is 0 Å². The summed E-state index contributed by atoms with van der Waals surface area (Å²) in [6.07, 6.45) is 5.77. The first-order valence-corrected chi connectivity index (χ1v) is 6.83. The van der Waals surface area contributed by atoms with Crippen molar-refractivity contribution in [3.05, 3.63) is 0 Å². The lowest BCUT2D eigenvalue weighted by molar-refractivity contribution is 0.0567. The Hall–Kier alpha value is -0.120. The Bertz CT molecular complexity index is 214. The molecule has 2 rings (SSSR count). The van der Waals surface area contributed by atoms with Gasteiger partial charge in [0.05, 0.1) is 6.10 Å². The van der Waals surface area contributed by atoms with Gasteiger partial charge in [0.2, 0.25) is 0 Å². The van der Waals surface area contributed by atoms with Gasteiger partial charge in [0.1, 0.15) is 0 Å². The van der Waals surface area contributed by atoms with E-state index in [1.54, 1.807) is 0 Å². The number of aliphatic hydroxyl groups is 1. The molecule has 0 aromatic carbocycles.